The molecule has 34 heavy (non-hydrogen) atoms. The Labute approximate surface area is 207 Å². The minimum Gasteiger partial charge on any atom is -0.493 e. The van der Waals surface area contributed by atoms with Gasteiger partial charge in [0.2, 0.25) is 5.91 Å². The molecule has 0 unspecified atom stereocenters. The average Bonchev–Trinajstić information content (AvgIpc) is 2.79. The first kappa shape index (κ1) is 29.6. The largest absolute Gasteiger partial charge is 0.493 e. The number of nitrogens with zero attached hydrogens (tertiary/aromatic N) is 3. The molecule has 190 valence electrons. The minimum absolute atomic E-state index is 0. The molecule has 9 nitrogen and oxygen atoms in total. The SMILES string of the molecule is CCCOc1ccc(NC(=O)CN2CCN(C)CC2)cc1-c1nc(CC)c(CC)c(=O)[nH]1.Cl.O. The summed E-state index contributed by atoms with van der Waals surface area (Å²) in [5, 5.41) is 2.99. The zero-order chi connectivity index (χ0) is 23.1. The van der Waals surface area contributed by atoms with Gasteiger partial charge in [-0.25, -0.2) is 4.98 Å². The number of aromatic nitrogens is 2. The molecule has 0 aliphatic carbocycles. The predicted molar refractivity (Wildman–Crippen MR) is 138 cm³/mol. The standard InChI is InChI=1S/C24H35N5O3.ClH.H2O/c1-5-14-32-21-9-8-17(25-22(30)16-29-12-10-28(4)11-13-29)15-19(21)23-26-20(7-3)18(6-2)24(31)27-23;;/h8-9,15H,5-7,10-14,16H2,1-4H3,(H,25,30)(H,26,27,31);1H;1H2. The van der Waals surface area contributed by atoms with Crippen molar-refractivity contribution in [3.63, 3.8) is 0 Å². The van der Waals surface area contributed by atoms with Crippen LogP contribution >= 0.6 is 12.4 Å². The Hall–Kier alpha value is -2.46. The number of anilines is 1. The number of ether oxygens (including phenoxy) is 1. The number of piperazine rings is 1. The van der Waals surface area contributed by atoms with Crippen molar-refractivity contribution in [2.45, 2.75) is 40.0 Å². The third kappa shape index (κ3) is 7.53. The van der Waals surface area contributed by atoms with E-state index in [9.17, 15) is 9.59 Å². The highest BCUT2D eigenvalue weighted by molar-refractivity contribution is 5.93. The van der Waals surface area contributed by atoms with Crippen molar-refractivity contribution < 1.29 is 15.0 Å². The second kappa shape index (κ2) is 14.1. The van der Waals surface area contributed by atoms with E-state index in [2.05, 4.69) is 27.1 Å². The van der Waals surface area contributed by atoms with Crippen molar-refractivity contribution in [1.82, 2.24) is 19.8 Å². The minimum atomic E-state index is -0.125. The van der Waals surface area contributed by atoms with Crippen molar-refractivity contribution in [3.8, 4) is 17.1 Å². The van der Waals surface area contributed by atoms with Crippen LogP contribution in [0.2, 0.25) is 0 Å². The number of benzene rings is 1. The van der Waals surface area contributed by atoms with E-state index in [0.29, 0.717) is 54.4 Å². The monoisotopic (exact) mass is 495 g/mol. The van der Waals surface area contributed by atoms with Crippen molar-refractivity contribution in [3.05, 3.63) is 39.8 Å². The number of likely N-dealkylation sites (N-methyl/N-ethyl adjacent to an activating group) is 1. The highest BCUT2D eigenvalue weighted by Gasteiger charge is 2.18. The molecular weight excluding hydrogens is 458 g/mol. The molecule has 1 aromatic carbocycles. The van der Waals surface area contributed by atoms with E-state index < -0.39 is 0 Å². The average molecular weight is 496 g/mol. The maximum absolute atomic E-state index is 12.6. The van der Waals surface area contributed by atoms with Gasteiger partial charge in [-0.3, -0.25) is 14.5 Å². The third-order valence-electron chi connectivity index (χ3n) is 5.73. The first-order chi connectivity index (χ1) is 15.4. The lowest BCUT2D eigenvalue weighted by molar-refractivity contribution is -0.117. The van der Waals surface area contributed by atoms with E-state index >= 15 is 0 Å². The molecule has 0 bridgehead atoms. The van der Waals surface area contributed by atoms with E-state index in [4.69, 9.17) is 9.72 Å². The van der Waals surface area contributed by atoms with E-state index in [-0.39, 0.29) is 29.3 Å². The third-order valence-corrected chi connectivity index (χ3v) is 5.73. The first-order valence-electron chi connectivity index (χ1n) is 11.5. The van der Waals surface area contributed by atoms with Crippen molar-refractivity contribution in [2.24, 2.45) is 0 Å². The van der Waals surface area contributed by atoms with Gasteiger partial charge in [-0.05, 0) is 44.5 Å². The Morgan fingerprint density at radius 1 is 1.15 bits per heavy atom. The smallest absolute Gasteiger partial charge is 0.254 e. The molecule has 0 radical (unpaired) electrons. The number of halogens is 1. The number of amides is 1. The molecule has 0 atom stereocenters. The molecule has 1 aromatic heterocycles. The van der Waals surface area contributed by atoms with E-state index in [1.807, 2.05) is 39.0 Å². The Morgan fingerprint density at radius 2 is 1.85 bits per heavy atom. The lowest BCUT2D eigenvalue weighted by Crippen LogP contribution is -2.47. The number of carbonyl (C=O) groups is 1. The Bertz CT molecular complexity index is 990. The summed E-state index contributed by atoms with van der Waals surface area (Å²) in [6, 6.07) is 5.49. The molecule has 2 aromatic rings. The second-order valence-electron chi connectivity index (χ2n) is 8.23. The van der Waals surface area contributed by atoms with Gasteiger partial charge in [-0.15, -0.1) is 12.4 Å². The summed E-state index contributed by atoms with van der Waals surface area (Å²) in [6.07, 6.45) is 2.17. The van der Waals surface area contributed by atoms with E-state index in [0.717, 1.165) is 38.3 Å². The molecule has 0 spiro atoms. The molecule has 1 aliphatic heterocycles. The van der Waals surface area contributed by atoms with Crippen LogP contribution in [-0.2, 0) is 17.6 Å². The number of rotatable bonds is 9. The van der Waals surface area contributed by atoms with Gasteiger partial charge in [0.15, 0.2) is 0 Å². The molecular formula is C24H38ClN5O4. The van der Waals surface area contributed by atoms with Crippen LogP contribution in [0.5, 0.6) is 5.75 Å². The zero-order valence-electron chi connectivity index (χ0n) is 20.6. The summed E-state index contributed by atoms with van der Waals surface area (Å²) in [7, 11) is 2.09. The summed E-state index contributed by atoms with van der Waals surface area (Å²) < 4.78 is 5.91. The van der Waals surface area contributed by atoms with Gasteiger partial charge in [-0.2, -0.15) is 0 Å². The number of hydrogen-bond donors (Lipinski definition) is 2. The van der Waals surface area contributed by atoms with Crippen LogP contribution in [0.1, 0.15) is 38.4 Å². The number of nitrogens with one attached hydrogen (secondary N) is 2. The van der Waals surface area contributed by atoms with Gasteiger partial charge in [0, 0.05) is 37.4 Å². The van der Waals surface area contributed by atoms with Gasteiger partial charge in [0.05, 0.1) is 24.4 Å². The summed E-state index contributed by atoms with van der Waals surface area (Å²) >= 11 is 0. The lowest BCUT2D eigenvalue weighted by atomic mass is 10.1. The fourth-order valence-electron chi connectivity index (χ4n) is 3.87. The molecule has 2 heterocycles. The summed E-state index contributed by atoms with van der Waals surface area (Å²) in [6.45, 7) is 10.6. The fourth-order valence-corrected chi connectivity index (χ4v) is 3.87. The molecule has 1 aliphatic rings. The van der Waals surface area contributed by atoms with Crippen LogP contribution in [0.15, 0.2) is 23.0 Å². The van der Waals surface area contributed by atoms with Gasteiger partial charge >= 0.3 is 0 Å². The van der Waals surface area contributed by atoms with E-state index in [1.54, 1.807) is 0 Å². The van der Waals surface area contributed by atoms with Crippen molar-refractivity contribution >= 4 is 24.0 Å². The number of aromatic amines is 1. The van der Waals surface area contributed by atoms with Gasteiger partial charge in [-0.1, -0.05) is 20.8 Å². The van der Waals surface area contributed by atoms with Crippen LogP contribution in [0, 0.1) is 0 Å². The normalized spacial score (nSPS) is 14.1. The van der Waals surface area contributed by atoms with Gasteiger partial charge < -0.3 is 25.4 Å². The Balaban J connectivity index is 0.00000289. The summed E-state index contributed by atoms with van der Waals surface area (Å²) in [4.78, 5) is 37.3. The van der Waals surface area contributed by atoms with Crippen LogP contribution in [0.25, 0.3) is 11.4 Å². The second-order valence-corrected chi connectivity index (χ2v) is 8.23. The summed E-state index contributed by atoms with van der Waals surface area (Å²) in [5.41, 5.74) is 2.70. The zero-order valence-corrected chi connectivity index (χ0v) is 21.4. The molecule has 1 saturated heterocycles. The van der Waals surface area contributed by atoms with Crippen LogP contribution in [0.3, 0.4) is 0 Å². The molecule has 1 fully saturated rings. The Kier molecular flexibility index (Phi) is 12.2. The van der Waals surface area contributed by atoms with Crippen LogP contribution in [-0.4, -0.2) is 77.5 Å². The first-order valence-corrected chi connectivity index (χ1v) is 11.5. The van der Waals surface area contributed by atoms with Crippen molar-refractivity contribution in [1.29, 1.82) is 0 Å². The number of H-pyrrole nitrogens is 1. The van der Waals surface area contributed by atoms with E-state index in [1.165, 1.54) is 0 Å². The molecule has 3 rings (SSSR count). The number of hydrogen-bond acceptors (Lipinski definition) is 6. The number of aryl methyl sites for hydroxylation is 1. The maximum Gasteiger partial charge on any atom is 0.254 e. The highest BCUT2D eigenvalue weighted by Crippen LogP contribution is 2.31. The molecule has 4 N–H and O–H groups in total. The lowest BCUT2D eigenvalue weighted by Gasteiger charge is -2.31. The quantitative estimate of drug-likeness (QED) is 0.549. The number of carbonyl (C=O) groups excluding carboxylic acids is 1. The Morgan fingerprint density at radius 3 is 2.47 bits per heavy atom. The van der Waals surface area contributed by atoms with Gasteiger partial charge in [0.25, 0.3) is 5.56 Å². The highest BCUT2D eigenvalue weighted by atomic mass is 35.5. The van der Waals surface area contributed by atoms with Crippen molar-refractivity contribution in [2.75, 3.05) is 51.7 Å². The summed E-state index contributed by atoms with van der Waals surface area (Å²) in [5.74, 6) is 1.04. The van der Waals surface area contributed by atoms with Gasteiger partial charge in [0.1, 0.15) is 11.6 Å². The molecule has 1 amide bonds. The maximum atomic E-state index is 12.6. The van der Waals surface area contributed by atoms with Crippen LogP contribution < -0.4 is 15.6 Å². The van der Waals surface area contributed by atoms with Crippen LogP contribution in [0.4, 0.5) is 5.69 Å². The predicted octanol–water partition coefficient (Wildman–Crippen LogP) is 2.13. The topological polar surface area (TPSA) is 122 Å². The molecule has 0 saturated carbocycles. The molecule has 10 heteroatoms. The fraction of sp³-hybridized carbons (Fsp3) is 0.542.